The first kappa shape index (κ1) is 26.5. The molecule has 1 saturated heterocycles. The quantitative estimate of drug-likeness (QED) is 0.260. The molecule has 0 atom stereocenters. The third-order valence-electron chi connectivity index (χ3n) is 7.34. The fourth-order valence-corrected chi connectivity index (χ4v) is 5.30. The summed E-state index contributed by atoms with van der Waals surface area (Å²) in [5, 5.41) is 0.803. The van der Waals surface area contributed by atoms with Crippen molar-refractivity contribution in [2.45, 2.75) is 52.0 Å². The fourth-order valence-electron chi connectivity index (χ4n) is 4.33. The molecule has 0 bridgehead atoms. The van der Waals surface area contributed by atoms with Gasteiger partial charge in [0.2, 0.25) is 0 Å². The van der Waals surface area contributed by atoms with Crippen LogP contribution in [0.15, 0.2) is 60.7 Å². The first-order valence-electron chi connectivity index (χ1n) is 12.5. The molecule has 1 fully saturated rings. The van der Waals surface area contributed by atoms with E-state index in [0.29, 0.717) is 24.1 Å². The van der Waals surface area contributed by atoms with Crippen molar-refractivity contribution < 1.29 is 23.2 Å². The Morgan fingerprint density at radius 3 is 1.82 bits per heavy atom. The number of hydrogen-bond acceptors (Lipinski definition) is 7. The number of benzene rings is 3. The Kier molecular flexibility index (Phi) is 7.11. The molecule has 3 aromatic carbocycles. The molecule has 198 valence electrons. The summed E-state index contributed by atoms with van der Waals surface area (Å²) in [6.07, 6.45) is 0. The predicted octanol–water partition coefficient (Wildman–Crippen LogP) is 5.96. The Morgan fingerprint density at radius 2 is 1.34 bits per heavy atom. The number of rotatable bonds is 8. The average Bonchev–Trinajstić information content (AvgIpc) is 3.40. The summed E-state index contributed by atoms with van der Waals surface area (Å²) in [7, 11) is 2.52. The maximum atomic E-state index is 15.3. The number of anilines is 1. The number of ether oxygens (including phenoxy) is 2. The number of methoxy groups -OCH3 is 2. The van der Waals surface area contributed by atoms with Crippen LogP contribution in [-0.2, 0) is 22.4 Å². The minimum Gasteiger partial charge on any atom is -0.497 e. The molecule has 38 heavy (non-hydrogen) atoms. The molecule has 4 aromatic rings. The molecule has 0 radical (unpaired) electrons. The number of hydrogen-bond donors (Lipinski definition) is 0. The Bertz CT molecular complexity index is 1360. The van der Waals surface area contributed by atoms with Gasteiger partial charge in [-0.1, -0.05) is 35.6 Å². The maximum absolute atomic E-state index is 15.3. The molecule has 0 unspecified atom stereocenters. The van der Waals surface area contributed by atoms with Crippen LogP contribution >= 0.6 is 11.3 Å². The van der Waals surface area contributed by atoms with Crippen LogP contribution in [0.2, 0.25) is 0 Å². The zero-order valence-electron chi connectivity index (χ0n) is 22.6. The third kappa shape index (κ3) is 5.23. The van der Waals surface area contributed by atoms with Gasteiger partial charge in [0, 0.05) is 18.6 Å². The highest BCUT2D eigenvalue weighted by Gasteiger charge is 2.52. The lowest BCUT2D eigenvalue weighted by molar-refractivity contribution is 0.00578. The van der Waals surface area contributed by atoms with E-state index in [1.807, 2.05) is 76.2 Å². The number of nitrogens with zero attached hydrogens (tertiary/aromatic N) is 2. The van der Waals surface area contributed by atoms with Crippen LogP contribution in [0.5, 0.6) is 11.5 Å². The molecule has 1 aliphatic heterocycles. The van der Waals surface area contributed by atoms with Gasteiger partial charge < -0.3 is 23.7 Å². The molecule has 0 spiro atoms. The second kappa shape index (κ2) is 10.2. The second-order valence-electron chi connectivity index (χ2n) is 10.5. The summed E-state index contributed by atoms with van der Waals surface area (Å²) < 4.78 is 38.9. The molecular weight excluding hydrogens is 502 g/mol. The zero-order valence-corrected chi connectivity index (χ0v) is 23.4. The highest BCUT2D eigenvalue weighted by Crippen LogP contribution is 2.37. The molecule has 2 heterocycles. The van der Waals surface area contributed by atoms with E-state index >= 15 is 4.39 Å². The molecule has 0 saturated carbocycles. The lowest BCUT2D eigenvalue weighted by Gasteiger charge is -2.32. The highest BCUT2D eigenvalue weighted by molar-refractivity contribution is 7.22. The Hall–Kier alpha value is -3.14. The Labute approximate surface area is 227 Å². The van der Waals surface area contributed by atoms with Crippen molar-refractivity contribution in [3.05, 3.63) is 77.6 Å². The van der Waals surface area contributed by atoms with Crippen LogP contribution in [0.3, 0.4) is 0 Å². The van der Waals surface area contributed by atoms with E-state index in [9.17, 15) is 0 Å². The molecule has 1 aliphatic rings. The highest BCUT2D eigenvalue weighted by atomic mass is 32.1. The molecule has 6 nitrogen and oxygen atoms in total. The van der Waals surface area contributed by atoms with Crippen LogP contribution in [-0.4, -0.2) is 37.5 Å². The van der Waals surface area contributed by atoms with Gasteiger partial charge in [-0.3, -0.25) is 0 Å². The van der Waals surface area contributed by atoms with Gasteiger partial charge in [0.05, 0.1) is 35.6 Å². The molecule has 1 aromatic heterocycles. The zero-order chi connectivity index (χ0) is 27.1. The monoisotopic (exact) mass is 534 g/mol. The van der Waals surface area contributed by atoms with E-state index in [0.717, 1.165) is 32.5 Å². The van der Waals surface area contributed by atoms with Crippen LogP contribution in [0.25, 0.3) is 10.2 Å². The lowest BCUT2D eigenvalue weighted by atomic mass is 9.78. The second-order valence-corrected chi connectivity index (χ2v) is 11.5. The Morgan fingerprint density at radius 1 is 0.842 bits per heavy atom. The van der Waals surface area contributed by atoms with Gasteiger partial charge in [-0.25, -0.2) is 9.37 Å². The van der Waals surface area contributed by atoms with Crippen molar-refractivity contribution in [2.24, 2.45) is 0 Å². The van der Waals surface area contributed by atoms with Gasteiger partial charge in [0.15, 0.2) is 5.13 Å². The third-order valence-corrected chi connectivity index (χ3v) is 8.42. The summed E-state index contributed by atoms with van der Waals surface area (Å²) in [4.78, 5) is 7.13. The minimum absolute atomic E-state index is 0.358. The van der Waals surface area contributed by atoms with E-state index in [4.69, 9.17) is 23.8 Å². The smallest absolute Gasteiger partial charge is 0.497 e. The molecule has 9 heteroatoms. The molecule has 0 amide bonds. The van der Waals surface area contributed by atoms with Crippen LogP contribution in [0, 0.1) is 5.82 Å². The van der Waals surface area contributed by atoms with Crippen LogP contribution in [0.4, 0.5) is 9.52 Å². The minimum atomic E-state index is -0.788. The van der Waals surface area contributed by atoms with Gasteiger partial charge in [0.1, 0.15) is 17.3 Å². The van der Waals surface area contributed by atoms with Crippen molar-refractivity contribution >= 4 is 39.3 Å². The number of thiazole rings is 1. The van der Waals surface area contributed by atoms with Crippen molar-refractivity contribution in [3.8, 4) is 11.5 Å². The number of fused-ring (bicyclic) bond motifs is 1. The molecule has 0 aliphatic carbocycles. The summed E-state index contributed by atoms with van der Waals surface area (Å²) in [6, 6.07) is 19.3. The topological polar surface area (TPSA) is 53.1 Å². The normalized spacial score (nSPS) is 16.1. The maximum Gasteiger partial charge on any atom is 0.497 e. The lowest BCUT2D eigenvalue weighted by Crippen LogP contribution is -2.41. The van der Waals surface area contributed by atoms with Crippen LogP contribution < -0.4 is 19.8 Å². The summed E-state index contributed by atoms with van der Waals surface area (Å²) >= 11 is 1.47. The first-order chi connectivity index (χ1) is 18.1. The Balaban J connectivity index is 1.48. The number of aromatic nitrogens is 1. The van der Waals surface area contributed by atoms with Gasteiger partial charge in [0.25, 0.3) is 0 Å². The van der Waals surface area contributed by atoms with E-state index < -0.39 is 18.3 Å². The number of halogens is 1. The van der Waals surface area contributed by atoms with E-state index in [1.54, 1.807) is 20.3 Å². The van der Waals surface area contributed by atoms with Crippen molar-refractivity contribution in [1.29, 1.82) is 0 Å². The molecular formula is C29H32BFN2O4S. The van der Waals surface area contributed by atoms with Gasteiger partial charge in [-0.05, 0) is 75.2 Å². The van der Waals surface area contributed by atoms with Gasteiger partial charge >= 0.3 is 7.12 Å². The predicted molar refractivity (Wildman–Crippen MR) is 151 cm³/mol. The van der Waals surface area contributed by atoms with E-state index in [2.05, 4.69) is 4.90 Å². The SMILES string of the molecule is COc1ccc(CN(Cc2ccc(OC)cc2)c2nc3cc(B4OC(C)(C)C(C)(C)O4)c(F)cc3s2)cc1. The summed E-state index contributed by atoms with van der Waals surface area (Å²) in [5.74, 6) is 1.25. The summed E-state index contributed by atoms with van der Waals surface area (Å²) in [5.41, 5.74) is 2.19. The standard InChI is InChI=1S/C29H32BFN2O4S/c1-28(2)29(3,4)37-30(36-28)23-15-25-26(16-24(23)31)38-27(32-25)33(17-19-7-11-21(34-5)12-8-19)18-20-9-13-22(35-6)14-10-20/h7-16H,17-18H2,1-6H3. The summed E-state index contributed by atoms with van der Waals surface area (Å²) in [6.45, 7) is 9.09. The van der Waals surface area contributed by atoms with Crippen LogP contribution in [0.1, 0.15) is 38.8 Å². The van der Waals surface area contributed by atoms with Crippen molar-refractivity contribution in [2.75, 3.05) is 19.1 Å². The van der Waals surface area contributed by atoms with Crippen molar-refractivity contribution in [3.63, 3.8) is 0 Å². The molecule has 5 rings (SSSR count). The largest absolute Gasteiger partial charge is 0.497 e. The van der Waals surface area contributed by atoms with E-state index in [1.165, 1.54) is 17.4 Å². The van der Waals surface area contributed by atoms with Crippen molar-refractivity contribution in [1.82, 2.24) is 4.98 Å². The fraction of sp³-hybridized carbons (Fsp3) is 0.345. The van der Waals surface area contributed by atoms with Gasteiger partial charge in [-0.15, -0.1) is 0 Å². The van der Waals surface area contributed by atoms with Gasteiger partial charge in [-0.2, -0.15) is 0 Å². The first-order valence-corrected chi connectivity index (χ1v) is 13.4. The van der Waals surface area contributed by atoms with E-state index in [-0.39, 0.29) is 5.82 Å². The average molecular weight is 534 g/mol. The molecule has 0 N–H and O–H groups in total.